The van der Waals surface area contributed by atoms with Crippen molar-refractivity contribution >= 4 is 11.8 Å². The van der Waals surface area contributed by atoms with E-state index in [4.69, 9.17) is 0 Å². The molecule has 0 spiro atoms. The highest BCUT2D eigenvalue weighted by atomic mass is 16.2. The van der Waals surface area contributed by atoms with Crippen LogP contribution in [0.2, 0.25) is 0 Å². The third-order valence-corrected chi connectivity index (χ3v) is 3.06. The maximum Gasteiger partial charge on any atom is 0.269 e. The van der Waals surface area contributed by atoms with Crippen LogP contribution in [0.5, 0.6) is 0 Å². The number of benzene rings is 1. The summed E-state index contributed by atoms with van der Waals surface area (Å²) in [5.41, 5.74) is 2.42. The first-order valence-corrected chi connectivity index (χ1v) is 6.63. The molecule has 5 nitrogen and oxygen atoms in total. The van der Waals surface area contributed by atoms with Gasteiger partial charge in [0.1, 0.15) is 5.69 Å². The van der Waals surface area contributed by atoms with E-state index < -0.39 is 0 Å². The Bertz CT molecular complexity index is 620. The van der Waals surface area contributed by atoms with Crippen molar-refractivity contribution in [3.8, 4) is 0 Å². The summed E-state index contributed by atoms with van der Waals surface area (Å²) < 4.78 is 0. The monoisotopic (exact) mass is 283 g/mol. The maximum atomic E-state index is 11.8. The molecule has 0 unspecified atom stereocenters. The molecule has 0 aliphatic heterocycles. The molecule has 1 aromatic heterocycles. The van der Waals surface area contributed by atoms with E-state index in [2.05, 4.69) is 15.6 Å². The number of carbonyl (C=O) groups excluding carboxylic acids is 2. The molecule has 2 aromatic rings. The van der Waals surface area contributed by atoms with Gasteiger partial charge in [-0.15, -0.1) is 0 Å². The number of nitrogens with zero attached hydrogens (tertiary/aromatic N) is 1. The van der Waals surface area contributed by atoms with Crippen LogP contribution >= 0.6 is 0 Å². The molecule has 1 heterocycles. The summed E-state index contributed by atoms with van der Waals surface area (Å²) in [6, 6.07) is 13.0. The fourth-order valence-corrected chi connectivity index (χ4v) is 2.00. The topological polar surface area (TPSA) is 71.1 Å². The molecule has 0 atom stereocenters. The van der Waals surface area contributed by atoms with Crippen molar-refractivity contribution in [2.45, 2.75) is 6.42 Å². The van der Waals surface area contributed by atoms with Gasteiger partial charge in [-0.3, -0.25) is 9.59 Å². The Balaban J connectivity index is 2.39. The van der Waals surface area contributed by atoms with Gasteiger partial charge in [-0.2, -0.15) is 0 Å². The second kappa shape index (κ2) is 6.65. The molecule has 0 saturated heterocycles. The van der Waals surface area contributed by atoms with Gasteiger partial charge in [-0.25, -0.2) is 4.98 Å². The zero-order valence-corrected chi connectivity index (χ0v) is 12.0. The quantitative estimate of drug-likeness (QED) is 0.890. The van der Waals surface area contributed by atoms with Crippen molar-refractivity contribution in [2.75, 3.05) is 14.1 Å². The molecule has 0 radical (unpaired) electrons. The van der Waals surface area contributed by atoms with Crippen molar-refractivity contribution in [3.05, 3.63) is 65.0 Å². The lowest BCUT2D eigenvalue weighted by molar-refractivity contribution is 0.0958. The highest BCUT2D eigenvalue weighted by molar-refractivity contribution is 5.98. The summed E-state index contributed by atoms with van der Waals surface area (Å²) in [5, 5.41) is 5.08. The number of aromatic nitrogens is 1. The molecule has 2 N–H and O–H groups in total. The lowest BCUT2D eigenvalue weighted by Crippen LogP contribution is -2.23. The Morgan fingerprint density at radius 1 is 1.00 bits per heavy atom. The molecule has 2 amide bonds. The Labute approximate surface area is 123 Å². The Kier molecular flexibility index (Phi) is 4.66. The highest BCUT2D eigenvalue weighted by Gasteiger charge is 2.13. The molecule has 5 heteroatoms. The van der Waals surface area contributed by atoms with Gasteiger partial charge >= 0.3 is 0 Å². The molecule has 2 rings (SSSR count). The fraction of sp³-hybridized carbons (Fsp3) is 0.188. The molecule has 1 aromatic carbocycles. The second-order valence-corrected chi connectivity index (χ2v) is 4.55. The Morgan fingerprint density at radius 3 is 2.29 bits per heavy atom. The SMILES string of the molecule is CNC(=O)c1cc(Cc2ccccc2)nc(C(=O)NC)c1. The molecule has 108 valence electrons. The molecule has 0 bridgehead atoms. The number of hydrogen-bond acceptors (Lipinski definition) is 3. The van der Waals surface area contributed by atoms with E-state index in [1.807, 2.05) is 30.3 Å². The Hall–Kier alpha value is -2.69. The Morgan fingerprint density at radius 2 is 1.67 bits per heavy atom. The van der Waals surface area contributed by atoms with Gasteiger partial charge in [0.2, 0.25) is 0 Å². The fourth-order valence-electron chi connectivity index (χ4n) is 2.00. The van der Waals surface area contributed by atoms with Crippen LogP contribution < -0.4 is 10.6 Å². The van der Waals surface area contributed by atoms with Crippen molar-refractivity contribution in [1.29, 1.82) is 0 Å². The molecule has 0 saturated carbocycles. The summed E-state index contributed by atoms with van der Waals surface area (Å²) in [5.74, 6) is -0.549. The molecular weight excluding hydrogens is 266 g/mol. The zero-order valence-electron chi connectivity index (χ0n) is 12.0. The van der Waals surface area contributed by atoms with Crippen LogP contribution in [0.15, 0.2) is 42.5 Å². The normalized spacial score (nSPS) is 10.0. The minimum Gasteiger partial charge on any atom is -0.355 e. The number of amides is 2. The largest absolute Gasteiger partial charge is 0.355 e. The van der Waals surface area contributed by atoms with E-state index in [0.717, 1.165) is 5.56 Å². The predicted molar refractivity (Wildman–Crippen MR) is 80.3 cm³/mol. The van der Waals surface area contributed by atoms with Crippen molar-refractivity contribution in [2.24, 2.45) is 0 Å². The van der Waals surface area contributed by atoms with E-state index in [0.29, 0.717) is 17.7 Å². The third kappa shape index (κ3) is 3.66. The standard InChI is InChI=1S/C16H17N3O2/c1-17-15(20)12-9-13(8-11-6-4-3-5-7-11)19-14(10-12)16(21)18-2/h3-7,9-10H,8H2,1-2H3,(H,17,20)(H,18,21). The van der Waals surface area contributed by atoms with Gasteiger partial charge in [0.25, 0.3) is 11.8 Å². The number of pyridine rings is 1. The average molecular weight is 283 g/mol. The molecule has 0 aliphatic carbocycles. The molecule has 21 heavy (non-hydrogen) atoms. The van der Waals surface area contributed by atoms with Crippen LogP contribution in [-0.2, 0) is 6.42 Å². The minimum atomic E-state index is -0.310. The summed E-state index contributed by atoms with van der Waals surface area (Å²) in [7, 11) is 3.09. The van der Waals surface area contributed by atoms with E-state index in [1.54, 1.807) is 13.1 Å². The van der Waals surface area contributed by atoms with Crippen LogP contribution in [0.4, 0.5) is 0 Å². The number of nitrogens with one attached hydrogen (secondary N) is 2. The van der Waals surface area contributed by atoms with Crippen LogP contribution in [0.25, 0.3) is 0 Å². The first-order valence-electron chi connectivity index (χ1n) is 6.63. The van der Waals surface area contributed by atoms with Gasteiger partial charge in [-0.05, 0) is 17.7 Å². The summed E-state index contributed by atoms with van der Waals surface area (Å²) in [6.45, 7) is 0. The lowest BCUT2D eigenvalue weighted by Gasteiger charge is -2.08. The number of carbonyl (C=O) groups is 2. The first kappa shape index (κ1) is 14.7. The van der Waals surface area contributed by atoms with Crippen LogP contribution in [0, 0.1) is 0 Å². The maximum absolute atomic E-state index is 11.8. The summed E-state index contributed by atoms with van der Waals surface area (Å²) >= 11 is 0. The van der Waals surface area contributed by atoms with Gasteiger partial charge in [-0.1, -0.05) is 30.3 Å². The van der Waals surface area contributed by atoms with Crippen LogP contribution in [0.1, 0.15) is 32.1 Å². The van der Waals surface area contributed by atoms with Crippen molar-refractivity contribution < 1.29 is 9.59 Å². The van der Waals surface area contributed by atoms with Crippen molar-refractivity contribution in [1.82, 2.24) is 15.6 Å². The zero-order chi connectivity index (χ0) is 15.2. The van der Waals surface area contributed by atoms with Gasteiger partial charge < -0.3 is 10.6 Å². The van der Waals surface area contributed by atoms with E-state index in [1.165, 1.54) is 13.1 Å². The molecule has 0 fully saturated rings. The van der Waals surface area contributed by atoms with Gasteiger partial charge in [0.05, 0.1) is 0 Å². The van der Waals surface area contributed by atoms with E-state index in [9.17, 15) is 9.59 Å². The predicted octanol–water partition coefficient (Wildman–Crippen LogP) is 1.39. The van der Waals surface area contributed by atoms with Crippen LogP contribution in [-0.4, -0.2) is 30.9 Å². The third-order valence-electron chi connectivity index (χ3n) is 3.06. The lowest BCUT2D eigenvalue weighted by atomic mass is 10.1. The summed E-state index contributed by atoms with van der Waals surface area (Å²) in [6.07, 6.45) is 0.565. The average Bonchev–Trinajstić information content (AvgIpc) is 2.53. The van der Waals surface area contributed by atoms with E-state index >= 15 is 0 Å². The van der Waals surface area contributed by atoms with Gasteiger partial charge in [0.15, 0.2) is 0 Å². The number of hydrogen-bond donors (Lipinski definition) is 2. The smallest absolute Gasteiger partial charge is 0.269 e. The van der Waals surface area contributed by atoms with Crippen LogP contribution in [0.3, 0.4) is 0 Å². The van der Waals surface area contributed by atoms with Gasteiger partial charge in [0, 0.05) is 31.8 Å². The number of rotatable bonds is 4. The summed E-state index contributed by atoms with van der Waals surface area (Å²) in [4.78, 5) is 27.9. The molecule has 0 aliphatic rings. The first-order chi connectivity index (χ1) is 10.1. The second-order valence-electron chi connectivity index (χ2n) is 4.55. The highest BCUT2D eigenvalue weighted by Crippen LogP contribution is 2.11. The minimum absolute atomic E-state index is 0.239. The molecular formula is C16H17N3O2. The van der Waals surface area contributed by atoms with E-state index in [-0.39, 0.29) is 17.5 Å². The van der Waals surface area contributed by atoms with Crippen molar-refractivity contribution in [3.63, 3.8) is 0 Å².